The van der Waals surface area contributed by atoms with E-state index in [9.17, 15) is 19.1 Å². The van der Waals surface area contributed by atoms with Crippen LogP contribution in [0.1, 0.15) is 49.6 Å². The lowest BCUT2D eigenvalue weighted by molar-refractivity contribution is -0.143. The molecule has 0 amide bonds. The molecule has 1 atom stereocenters. The van der Waals surface area contributed by atoms with E-state index in [1.165, 1.54) is 19.2 Å². The van der Waals surface area contributed by atoms with E-state index in [-0.39, 0.29) is 18.2 Å². The third-order valence-electron chi connectivity index (χ3n) is 6.40. The van der Waals surface area contributed by atoms with Crippen molar-refractivity contribution in [1.82, 2.24) is 9.61 Å². The number of Topliss-reactive ketones (excluding diaryl/α,β-unsaturated/α-hetero) is 1. The van der Waals surface area contributed by atoms with Gasteiger partial charge in [0.1, 0.15) is 18.0 Å². The highest BCUT2D eigenvalue weighted by Crippen LogP contribution is 2.40. The van der Waals surface area contributed by atoms with E-state index in [4.69, 9.17) is 5.10 Å². The average Bonchev–Trinajstić information content (AvgIpc) is 3.23. The Balaban J connectivity index is 1.93. The summed E-state index contributed by atoms with van der Waals surface area (Å²) in [6, 6.07) is 18.4. The van der Waals surface area contributed by atoms with Crippen LogP contribution < -0.4 is 0 Å². The fourth-order valence-electron chi connectivity index (χ4n) is 4.57. The molecule has 196 valence electrons. The number of hydrogen-bond donors (Lipinski definition) is 1. The Bertz CT molecular complexity index is 1490. The standard InChI is InChI=1S/C31H31FN2O4/c1-19(2)30-26(15-14-24(35)17-25(36)18-28(37)38-4)29(22-10-12-23(32)13-11-22)31-27(16-20(3)34(31)33-30)21-8-6-5-7-9-21/h5-16,19,24,35H,17-18H2,1-4H3. The molecule has 2 heterocycles. The Labute approximate surface area is 221 Å². The number of nitrogens with zero attached hydrogens (tertiary/aromatic N) is 2. The number of aryl methyl sites for hydroxylation is 1. The molecular formula is C31H31FN2O4. The van der Waals surface area contributed by atoms with E-state index in [0.717, 1.165) is 44.7 Å². The van der Waals surface area contributed by atoms with Crippen molar-refractivity contribution in [3.8, 4) is 22.3 Å². The Hall–Kier alpha value is -4.10. The van der Waals surface area contributed by atoms with Crippen molar-refractivity contribution < 1.29 is 23.8 Å². The van der Waals surface area contributed by atoms with Crippen LogP contribution in [0.15, 0.2) is 66.7 Å². The van der Waals surface area contributed by atoms with Crippen LogP contribution in [0.2, 0.25) is 0 Å². The van der Waals surface area contributed by atoms with Crippen LogP contribution in [-0.4, -0.2) is 39.7 Å². The minimum atomic E-state index is -1.11. The minimum Gasteiger partial charge on any atom is -0.469 e. The third kappa shape index (κ3) is 5.73. The van der Waals surface area contributed by atoms with Crippen molar-refractivity contribution in [3.05, 3.63) is 89.5 Å². The number of esters is 1. The molecule has 4 aromatic rings. The van der Waals surface area contributed by atoms with Gasteiger partial charge in [-0.2, -0.15) is 5.10 Å². The van der Waals surface area contributed by atoms with Gasteiger partial charge in [0.05, 0.1) is 24.4 Å². The first kappa shape index (κ1) is 26.9. The summed E-state index contributed by atoms with van der Waals surface area (Å²) in [6.07, 6.45) is 1.60. The van der Waals surface area contributed by atoms with Crippen molar-refractivity contribution in [2.75, 3.05) is 7.11 Å². The summed E-state index contributed by atoms with van der Waals surface area (Å²) in [5.74, 6) is -1.37. The number of ether oxygens (including phenoxy) is 1. The smallest absolute Gasteiger partial charge is 0.313 e. The van der Waals surface area contributed by atoms with Crippen molar-refractivity contribution in [2.45, 2.75) is 45.6 Å². The fraction of sp³-hybridized carbons (Fsp3) is 0.258. The van der Waals surface area contributed by atoms with Gasteiger partial charge in [-0.25, -0.2) is 8.91 Å². The number of rotatable bonds is 9. The summed E-state index contributed by atoms with van der Waals surface area (Å²) in [4.78, 5) is 23.6. The summed E-state index contributed by atoms with van der Waals surface area (Å²) in [7, 11) is 1.21. The Morgan fingerprint density at radius 1 is 1.08 bits per heavy atom. The fourth-order valence-corrected chi connectivity index (χ4v) is 4.57. The molecule has 0 radical (unpaired) electrons. The van der Waals surface area contributed by atoms with Crippen LogP contribution in [0.4, 0.5) is 4.39 Å². The highest BCUT2D eigenvalue weighted by molar-refractivity contribution is 5.98. The number of carbonyl (C=O) groups is 2. The molecule has 0 spiro atoms. The van der Waals surface area contributed by atoms with Gasteiger partial charge in [0.25, 0.3) is 0 Å². The minimum absolute atomic E-state index is 0.0262. The van der Waals surface area contributed by atoms with Gasteiger partial charge in [-0.1, -0.05) is 68.5 Å². The number of halogens is 1. The van der Waals surface area contributed by atoms with Crippen LogP contribution >= 0.6 is 0 Å². The number of benzene rings is 2. The normalized spacial score (nSPS) is 12.4. The SMILES string of the molecule is COC(=O)CC(=O)CC(O)C=Cc1c(C(C)C)nn2c(C)cc(-c3ccccc3)c2c1-c1ccc(F)cc1. The molecule has 38 heavy (non-hydrogen) atoms. The molecule has 1 unspecified atom stereocenters. The molecule has 4 rings (SSSR count). The largest absolute Gasteiger partial charge is 0.469 e. The first-order valence-electron chi connectivity index (χ1n) is 12.5. The van der Waals surface area contributed by atoms with Crippen molar-refractivity contribution >= 4 is 23.3 Å². The maximum Gasteiger partial charge on any atom is 0.313 e. The van der Waals surface area contributed by atoms with Crippen LogP contribution in [0.25, 0.3) is 33.8 Å². The topological polar surface area (TPSA) is 80.9 Å². The first-order chi connectivity index (χ1) is 18.2. The van der Waals surface area contributed by atoms with Gasteiger partial charge >= 0.3 is 5.97 Å². The summed E-state index contributed by atoms with van der Waals surface area (Å²) in [5.41, 5.74) is 7.02. The number of hydrogen-bond acceptors (Lipinski definition) is 5. The van der Waals surface area contributed by atoms with Crippen LogP contribution in [-0.2, 0) is 14.3 Å². The molecule has 0 fully saturated rings. The highest BCUT2D eigenvalue weighted by Gasteiger charge is 2.23. The summed E-state index contributed by atoms with van der Waals surface area (Å²) in [6.45, 7) is 6.07. The molecule has 0 saturated heterocycles. The second kappa shape index (κ2) is 11.5. The van der Waals surface area contributed by atoms with Crippen LogP contribution in [0.5, 0.6) is 0 Å². The Morgan fingerprint density at radius 3 is 2.39 bits per heavy atom. The van der Waals surface area contributed by atoms with Gasteiger partial charge in [-0.15, -0.1) is 0 Å². The second-order valence-electron chi connectivity index (χ2n) is 9.58. The lowest BCUT2D eigenvalue weighted by Gasteiger charge is -2.18. The second-order valence-corrected chi connectivity index (χ2v) is 9.58. The van der Waals surface area contributed by atoms with Crippen LogP contribution in [0, 0.1) is 12.7 Å². The molecule has 6 nitrogen and oxygen atoms in total. The molecule has 0 aliphatic rings. The van der Waals surface area contributed by atoms with Crippen molar-refractivity contribution in [1.29, 1.82) is 0 Å². The maximum absolute atomic E-state index is 13.9. The predicted molar refractivity (Wildman–Crippen MR) is 146 cm³/mol. The van der Waals surface area contributed by atoms with Gasteiger partial charge in [0.2, 0.25) is 0 Å². The molecule has 0 bridgehead atoms. The molecule has 2 aromatic carbocycles. The van der Waals surface area contributed by atoms with Crippen molar-refractivity contribution in [3.63, 3.8) is 0 Å². The van der Waals surface area contributed by atoms with E-state index in [1.807, 2.05) is 55.6 Å². The molecule has 0 aliphatic heterocycles. The Morgan fingerprint density at radius 2 is 1.76 bits per heavy atom. The monoisotopic (exact) mass is 514 g/mol. The van der Waals surface area contributed by atoms with E-state index < -0.39 is 24.3 Å². The Kier molecular flexibility index (Phi) is 8.17. The van der Waals surface area contributed by atoms with Gasteiger partial charge in [-0.05, 0) is 42.2 Å². The maximum atomic E-state index is 13.9. The zero-order valence-corrected chi connectivity index (χ0v) is 21.9. The van der Waals surface area contributed by atoms with Gasteiger partial charge in [-0.3, -0.25) is 9.59 Å². The lowest BCUT2D eigenvalue weighted by Crippen LogP contribution is -2.15. The molecule has 1 N–H and O–H groups in total. The summed E-state index contributed by atoms with van der Waals surface area (Å²) < 4.78 is 20.4. The van der Waals surface area contributed by atoms with E-state index >= 15 is 0 Å². The molecule has 7 heteroatoms. The lowest BCUT2D eigenvalue weighted by atomic mass is 9.91. The third-order valence-corrected chi connectivity index (χ3v) is 6.40. The number of aromatic nitrogens is 2. The molecule has 2 aromatic heterocycles. The number of aliphatic hydroxyl groups excluding tert-OH is 1. The number of methoxy groups -OCH3 is 1. The highest BCUT2D eigenvalue weighted by atomic mass is 19.1. The van der Waals surface area contributed by atoms with E-state index in [0.29, 0.717) is 0 Å². The number of ketones is 1. The zero-order chi connectivity index (χ0) is 27.4. The number of aliphatic hydroxyl groups is 1. The van der Waals surface area contributed by atoms with Crippen molar-refractivity contribution in [2.24, 2.45) is 0 Å². The quantitative estimate of drug-likeness (QED) is 0.215. The van der Waals surface area contributed by atoms with E-state index in [1.54, 1.807) is 24.3 Å². The number of fused-ring (bicyclic) bond motifs is 1. The predicted octanol–water partition coefficient (Wildman–Crippen LogP) is 6.14. The van der Waals surface area contributed by atoms with Gasteiger partial charge in [0.15, 0.2) is 0 Å². The molecule has 0 aliphatic carbocycles. The molecule has 0 saturated carbocycles. The average molecular weight is 515 g/mol. The first-order valence-corrected chi connectivity index (χ1v) is 12.5. The van der Waals surface area contributed by atoms with Crippen LogP contribution in [0.3, 0.4) is 0 Å². The molecular weight excluding hydrogens is 483 g/mol. The van der Waals surface area contributed by atoms with Gasteiger partial charge < -0.3 is 9.84 Å². The summed E-state index contributed by atoms with van der Waals surface area (Å²) in [5, 5.41) is 15.6. The zero-order valence-electron chi connectivity index (χ0n) is 21.9. The van der Waals surface area contributed by atoms with Gasteiger partial charge in [0, 0.05) is 28.8 Å². The van der Waals surface area contributed by atoms with E-state index in [2.05, 4.69) is 10.8 Å². The summed E-state index contributed by atoms with van der Waals surface area (Å²) >= 11 is 0. The number of carbonyl (C=O) groups excluding carboxylic acids is 2.